The van der Waals surface area contributed by atoms with E-state index in [0.29, 0.717) is 11.6 Å². The molecule has 2 aromatic heterocycles. The molecule has 0 unspecified atom stereocenters. The van der Waals surface area contributed by atoms with Gasteiger partial charge in [-0.05, 0) is 30.7 Å². The summed E-state index contributed by atoms with van der Waals surface area (Å²) in [7, 11) is 1.84. The van der Waals surface area contributed by atoms with Crippen LogP contribution in [0.15, 0.2) is 30.6 Å². The van der Waals surface area contributed by atoms with Crippen molar-refractivity contribution in [3.8, 4) is 0 Å². The number of aromatic nitrogens is 4. The molecule has 0 saturated heterocycles. The molecular weight excluding hydrogens is 274 g/mol. The summed E-state index contributed by atoms with van der Waals surface area (Å²) in [5.41, 5.74) is 3.77. The number of pyridine rings is 1. The molecule has 0 fully saturated rings. The first-order chi connectivity index (χ1) is 9.65. The molecule has 0 aliphatic rings. The van der Waals surface area contributed by atoms with Gasteiger partial charge in [-0.2, -0.15) is 0 Å². The highest BCUT2D eigenvalue weighted by Crippen LogP contribution is 2.32. The van der Waals surface area contributed by atoms with Gasteiger partial charge in [-0.1, -0.05) is 16.8 Å². The lowest BCUT2D eigenvalue weighted by molar-refractivity contribution is 0.713. The first-order valence-corrected chi connectivity index (χ1v) is 6.66. The minimum absolute atomic E-state index is 0.570. The second-order valence-corrected chi connectivity index (χ2v) is 5.09. The molecule has 5 nitrogen and oxygen atoms in total. The van der Waals surface area contributed by atoms with Gasteiger partial charge in [0.05, 0.1) is 22.8 Å². The Labute approximate surface area is 121 Å². The summed E-state index contributed by atoms with van der Waals surface area (Å²) in [4.78, 5) is 4.41. The molecule has 0 atom stereocenters. The molecule has 0 aliphatic heterocycles. The smallest absolute Gasteiger partial charge is 0.102 e. The first kappa shape index (κ1) is 12.9. The van der Waals surface area contributed by atoms with Crippen molar-refractivity contribution in [2.24, 2.45) is 7.05 Å². The van der Waals surface area contributed by atoms with Gasteiger partial charge in [-0.25, -0.2) is 0 Å². The van der Waals surface area contributed by atoms with Crippen molar-refractivity contribution in [3.63, 3.8) is 0 Å². The summed E-state index contributed by atoms with van der Waals surface area (Å²) >= 11 is 6.35. The zero-order valence-corrected chi connectivity index (χ0v) is 12.0. The van der Waals surface area contributed by atoms with Gasteiger partial charge in [0, 0.05) is 24.8 Å². The van der Waals surface area contributed by atoms with E-state index in [1.807, 2.05) is 38.4 Å². The third-order valence-corrected chi connectivity index (χ3v) is 3.43. The molecule has 3 aromatic rings. The van der Waals surface area contributed by atoms with Crippen LogP contribution in [0.2, 0.25) is 5.02 Å². The second-order valence-electron chi connectivity index (χ2n) is 4.69. The van der Waals surface area contributed by atoms with Gasteiger partial charge in [-0.3, -0.25) is 9.67 Å². The highest BCUT2D eigenvalue weighted by atomic mass is 35.5. The van der Waals surface area contributed by atoms with Crippen LogP contribution in [0.25, 0.3) is 10.9 Å². The zero-order valence-electron chi connectivity index (χ0n) is 11.3. The van der Waals surface area contributed by atoms with Crippen LogP contribution >= 0.6 is 11.6 Å². The standard InChI is InChI=1S/C14H14ClN5/c1-9-6-12(15)14(11-4-3-5-16-13(9)11)17-7-10-8-20(2)19-18-10/h3-6,8,17H,7H2,1-2H3. The number of nitrogens with one attached hydrogen (secondary N) is 1. The summed E-state index contributed by atoms with van der Waals surface area (Å²) in [5.74, 6) is 0. The van der Waals surface area contributed by atoms with E-state index in [9.17, 15) is 0 Å². The Hall–Kier alpha value is -2.14. The van der Waals surface area contributed by atoms with Crippen molar-refractivity contribution in [2.75, 3.05) is 5.32 Å². The van der Waals surface area contributed by atoms with Crippen molar-refractivity contribution in [3.05, 3.63) is 46.9 Å². The van der Waals surface area contributed by atoms with Crippen molar-refractivity contribution < 1.29 is 0 Å². The molecule has 2 heterocycles. The molecule has 20 heavy (non-hydrogen) atoms. The molecular formula is C14H14ClN5. The minimum atomic E-state index is 0.570. The quantitative estimate of drug-likeness (QED) is 0.805. The third-order valence-electron chi connectivity index (χ3n) is 3.13. The van der Waals surface area contributed by atoms with E-state index < -0.39 is 0 Å². The fourth-order valence-corrected chi connectivity index (χ4v) is 2.55. The molecule has 1 aromatic carbocycles. The van der Waals surface area contributed by atoms with Crippen LogP contribution in [-0.4, -0.2) is 20.0 Å². The molecule has 0 bridgehead atoms. The van der Waals surface area contributed by atoms with Crippen LogP contribution in [0.1, 0.15) is 11.3 Å². The van der Waals surface area contributed by atoms with E-state index in [1.165, 1.54) is 0 Å². The maximum atomic E-state index is 6.35. The van der Waals surface area contributed by atoms with E-state index in [-0.39, 0.29) is 0 Å². The highest BCUT2D eigenvalue weighted by Gasteiger charge is 2.10. The van der Waals surface area contributed by atoms with Crippen molar-refractivity contribution >= 4 is 28.2 Å². The Morgan fingerprint density at radius 3 is 3.00 bits per heavy atom. The van der Waals surface area contributed by atoms with Crippen LogP contribution < -0.4 is 5.32 Å². The highest BCUT2D eigenvalue weighted by molar-refractivity contribution is 6.35. The molecule has 0 amide bonds. The Bertz CT molecular complexity index is 765. The van der Waals surface area contributed by atoms with Gasteiger partial charge in [0.1, 0.15) is 5.69 Å². The maximum Gasteiger partial charge on any atom is 0.102 e. The van der Waals surface area contributed by atoms with Crippen molar-refractivity contribution in [2.45, 2.75) is 13.5 Å². The predicted octanol–water partition coefficient (Wildman–Crippen LogP) is 2.94. The zero-order chi connectivity index (χ0) is 14.1. The number of halogens is 1. The lowest BCUT2D eigenvalue weighted by Crippen LogP contribution is -2.02. The summed E-state index contributed by atoms with van der Waals surface area (Å²) in [5, 5.41) is 13.0. The van der Waals surface area contributed by atoms with Crippen molar-refractivity contribution in [1.29, 1.82) is 0 Å². The van der Waals surface area contributed by atoms with E-state index in [2.05, 4.69) is 20.6 Å². The molecule has 3 rings (SSSR count). The van der Waals surface area contributed by atoms with E-state index >= 15 is 0 Å². The monoisotopic (exact) mass is 287 g/mol. The summed E-state index contributed by atoms with van der Waals surface area (Å²) < 4.78 is 1.67. The van der Waals surface area contributed by atoms with Crippen LogP contribution in [0.3, 0.4) is 0 Å². The summed E-state index contributed by atoms with van der Waals surface area (Å²) in [6, 6.07) is 5.85. The minimum Gasteiger partial charge on any atom is -0.377 e. The maximum absolute atomic E-state index is 6.35. The van der Waals surface area contributed by atoms with Gasteiger partial charge in [0.25, 0.3) is 0 Å². The molecule has 102 valence electrons. The molecule has 0 aliphatic carbocycles. The molecule has 0 saturated carbocycles. The van der Waals surface area contributed by atoms with Crippen LogP contribution in [0, 0.1) is 6.92 Å². The number of nitrogens with zero attached hydrogens (tertiary/aromatic N) is 4. The molecule has 0 spiro atoms. The van der Waals surface area contributed by atoms with Crippen LogP contribution in [-0.2, 0) is 13.6 Å². The number of rotatable bonds is 3. The van der Waals surface area contributed by atoms with Gasteiger partial charge in [0.15, 0.2) is 0 Å². The van der Waals surface area contributed by atoms with E-state index in [0.717, 1.165) is 27.8 Å². The SMILES string of the molecule is Cc1cc(Cl)c(NCc2cn(C)nn2)c2cccnc12. The second kappa shape index (κ2) is 5.09. The molecule has 1 N–H and O–H groups in total. The topological polar surface area (TPSA) is 55.6 Å². The first-order valence-electron chi connectivity index (χ1n) is 6.28. The van der Waals surface area contributed by atoms with Gasteiger partial charge in [0.2, 0.25) is 0 Å². The number of benzene rings is 1. The lowest BCUT2D eigenvalue weighted by atomic mass is 10.1. The number of hydrogen-bond acceptors (Lipinski definition) is 4. The normalized spacial score (nSPS) is 10.9. The average Bonchev–Trinajstić information content (AvgIpc) is 2.84. The Kier molecular flexibility index (Phi) is 3.28. The van der Waals surface area contributed by atoms with Gasteiger partial charge in [-0.15, -0.1) is 5.10 Å². The van der Waals surface area contributed by atoms with E-state index in [1.54, 1.807) is 10.9 Å². The Morgan fingerprint density at radius 1 is 1.40 bits per heavy atom. The number of anilines is 1. The fourth-order valence-electron chi connectivity index (χ4n) is 2.22. The van der Waals surface area contributed by atoms with Crippen molar-refractivity contribution in [1.82, 2.24) is 20.0 Å². The molecule has 0 radical (unpaired) electrons. The number of aryl methyl sites for hydroxylation is 2. The summed E-state index contributed by atoms with van der Waals surface area (Å²) in [6.07, 6.45) is 3.66. The Balaban J connectivity index is 1.98. The number of fused-ring (bicyclic) bond motifs is 1. The fraction of sp³-hybridized carbons (Fsp3) is 0.214. The third kappa shape index (κ3) is 2.32. The average molecular weight is 288 g/mol. The predicted molar refractivity (Wildman–Crippen MR) is 79.8 cm³/mol. The summed E-state index contributed by atoms with van der Waals surface area (Å²) in [6.45, 7) is 2.58. The van der Waals surface area contributed by atoms with Crippen LogP contribution in [0.4, 0.5) is 5.69 Å². The molecule has 6 heteroatoms. The van der Waals surface area contributed by atoms with E-state index in [4.69, 9.17) is 11.6 Å². The van der Waals surface area contributed by atoms with Gasteiger partial charge >= 0.3 is 0 Å². The van der Waals surface area contributed by atoms with Gasteiger partial charge < -0.3 is 5.32 Å². The number of hydrogen-bond donors (Lipinski definition) is 1. The Morgan fingerprint density at radius 2 is 2.25 bits per heavy atom. The van der Waals surface area contributed by atoms with Crippen LogP contribution in [0.5, 0.6) is 0 Å². The lowest BCUT2D eigenvalue weighted by Gasteiger charge is -2.12. The largest absolute Gasteiger partial charge is 0.377 e.